The summed E-state index contributed by atoms with van der Waals surface area (Å²) >= 11 is 0. The zero-order valence-corrected chi connectivity index (χ0v) is 11.6. The molecule has 19 heavy (non-hydrogen) atoms. The van der Waals surface area contributed by atoms with Gasteiger partial charge in [0, 0.05) is 25.5 Å². The third-order valence-electron chi connectivity index (χ3n) is 4.20. The van der Waals surface area contributed by atoms with E-state index in [0.717, 1.165) is 31.5 Å². The molecule has 0 bridgehead atoms. The molecule has 0 saturated carbocycles. The third kappa shape index (κ3) is 2.29. The number of nitrogens with zero attached hydrogens (tertiary/aromatic N) is 3. The van der Waals surface area contributed by atoms with E-state index in [2.05, 4.69) is 10.2 Å². The van der Waals surface area contributed by atoms with Crippen molar-refractivity contribution in [2.75, 3.05) is 12.4 Å². The highest BCUT2D eigenvalue weighted by Gasteiger charge is 2.36. The summed E-state index contributed by atoms with van der Waals surface area (Å²) in [7, 11) is -3.09. The number of aryl methyl sites for hydroxylation is 1. The van der Waals surface area contributed by atoms with Crippen LogP contribution in [-0.4, -0.2) is 40.6 Å². The van der Waals surface area contributed by atoms with Crippen molar-refractivity contribution in [2.45, 2.75) is 43.9 Å². The van der Waals surface area contributed by atoms with Gasteiger partial charge in [-0.05, 0) is 19.3 Å². The fraction of sp³-hybridized carbons (Fsp3) is 0.833. The molecule has 6 nitrogen and oxygen atoms in total. The maximum absolute atomic E-state index is 12.2. The lowest BCUT2D eigenvalue weighted by Gasteiger charge is -2.26. The van der Waals surface area contributed by atoms with Crippen molar-refractivity contribution < 1.29 is 13.5 Å². The molecule has 2 aliphatic rings. The van der Waals surface area contributed by atoms with E-state index < -0.39 is 15.1 Å². The Morgan fingerprint density at radius 2 is 2.11 bits per heavy atom. The summed E-state index contributed by atoms with van der Waals surface area (Å²) in [5.74, 6) is 1.89. The Morgan fingerprint density at radius 1 is 1.26 bits per heavy atom. The van der Waals surface area contributed by atoms with Gasteiger partial charge in [-0.1, -0.05) is 6.42 Å². The van der Waals surface area contributed by atoms with Gasteiger partial charge in [0.15, 0.2) is 15.7 Å². The molecular formula is C12H19N3O3S. The second kappa shape index (κ2) is 4.86. The number of rotatable bonds is 2. The van der Waals surface area contributed by atoms with Gasteiger partial charge in [0.25, 0.3) is 0 Å². The van der Waals surface area contributed by atoms with Crippen molar-refractivity contribution in [1.29, 1.82) is 0 Å². The molecule has 0 amide bonds. The number of aliphatic hydroxyl groups is 1. The van der Waals surface area contributed by atoms with Crippen molar-refractivity contribution >= 4 is 9.84 Å². The van der Waals surface area contributed by atoms with E-state index in [9.17, 15) is 13.5 Å². The van der Waals surface area contributed by atoms with Gasteiger partial charge >= 0.3 is 0 Å². The van der Waals surface area contributed by atoms with Crippen LogP contribution in [0.2, 0.25) is 0 Å². The molecule has 2 aliphatic heterocycles. The number of sulfone groups is 1. The standard InChI is InChI=1S/C12H19N3O3S/c16-8-9-4-5-11-13-14-12(15(11)7-9)10-3-1-2-6-19(10,17)18/h9-10,16H,1-8H2. The summed E-state index contributed by atoms with van der Waals surface area (Å²) in [5, 5.41) is 17.1. The molecule has 0 aliphatic carbocycles. The molecule has 0 aromatic carbocycles. The Bertz CT molecular complexity index is 567. The normalized spacial score (nSPS) is 29.9. The molecule has 2 atom stereocenters. The molecule has 0 spiro atoms. The molecule has 3 heterocycles. The number of fused-ring (bicyclic) bond motifs is 1. The Kier molecular flexibility index (Phi) is 3.34. The van der Waals surface area contributed by atoms with Crippen molar-refractivity contribution in [3.8, 4) is 0 Å². The van der Waals surface area contributed by atoms with Crippen molar-refractivity contribution in [3.63, 3.8) is 0 Å². The lowest BCUT2D eigenvalue weighted by atomic mass is 10.00. The van der Waals surface area contributed by atoms with E-state index in [1.54, 1.807) is 0 Å². The van der Waals surface area contributed by atoms with E-state index in [0.29, 0.717) is 18.8 Å². The van der Waals surface area contributed by atoms with Gasteiger partial charge in [0.1, 0.15) is 11.1 Å². The van der Waals surface area contributed by atoms with E-state index in [1.165, 1.54) is 0 Å². The highest BCUT2D eigenvalue weighted by Crippen LogP contribution is 2.34. The van der Waals surface area contributed by atoms with Gasteiger partial charge < -0.3 is 9.67 Å². The van der Waals surface area contributed by atoms with Crippen molar-refractivity contribution in [3.05, 3.63) is 11.6 Å². The van der Waals surface area contributed by atoms with E-state index in [4.69, 9.17) is 0 Å². The van der Waals surface area contributed by atoms with Crippen LogP contribution in [0.5, 0.6) is 0 Å². The molecule has 1 fully saturated rings. The second-order valence-corrected chi connectivity index (χ2v) is 7.83. The van der Waals surface area contributed by atoms with Crippen LogP contribution in [0.25, 0.3) is 0 Å². The Hall–Kier alpha value is -0.950. The van der Waals surface area contributed by atoms with Crippen LogP contribution < -0.4 is 0 Å². The largest absolute Gasteiger partial charge is 0.396 e. The highest BCUT2D eigenvalue weighted by molar-refractivity contribution is 7.91. The van der Waals surface area contributed by atoms with Crippen LogP contribution in [0.15, 0.2) is 0 Å². The monoisotopic (exact) mass is 285 g/mol. The van der Waals surface area contributed by atoms with Gasteiger partial charge in [0.2, 0.25) is 0 Å². The minimum Gasteiger partial charge on any atom is -0.396 e. The summed E-state index contributed by atoms with van der Waals surface area (Å²) in [6.07, 6.45) is 3.98. The minimum atomic E-state index is -3.09. The third-order valence-corrected chi connectivity index (χ3v) is 6.37. The highest BCUT2D eigenvalue weighted by atomic mass is 32.2. The predicted molar refractivity (Wildman–Crippen MR) is 69.3 cm³/mol. The van der Waals surface area contributed by atoms with Gasteiger partial charge in [-0.25, -0.2) is 8.42 Å². The first kappa shape index (κ1) is 13.1. The van der Waals surface area contributed by atoms with Crippen LogP contribution in [0, 0.1) is 5.92 Å². The molecule has 1 aromatic heterocycles. The average Bonchev–Trinajstić information content (AvgIpc) is 2.81. The summed E-state index contributed by atoms with van der Waals surface area (Å²) < 4.78 is 26.3. The zero-order chi connectivity index (χ0) is 13.5. The molecule has 0 radical (unpaired) electrons. The van der Waals surface area contributed by atoms with Gasteiger partial charge in [-0.15, -0.1) is 10.2 Å². The smallest absolute Gasteiger partial charge is 0.160 e. The SMILES string of the molecule is O=S1(=O)CCCCC1c1nnc2n1CC(CO)CC2. The number of hydrogen-bond acceptors (Lipinski definition) is 5. The van der Waals surface area contributed by atoms with Crippen LogP contribution in [0.4, 0.5) is 0 Å². The van der Waals surface area contributed by atoms with E-state index in [-0.39, 0.29) is 18.3 Å². The molecule has 106 valence electrons. The van der Waals surface area contributed by atoms with E-state index >= 15 is 0 Å². The van der Waals surface area contributed by atoms with Crippen LogP contribution in [0.1, 0.15) is 42.6 Å². The van der Waals surface area contributed by atoms with Gasteiger partial charge in [-0.2, -0.15) is 0 Å². The predicted octanol–water partition coefficient (Wildman–Crippen LogP) is 0.473. The summed E-state index contributed by atoms with van der Waals surface area (Å²) in [5.41, 5.74) is 0. The molecule has 3 rings (SSSR count). The fourth-order valence-electron chi connectivity index (χ4n) is 3.05. The first-order valence-corrected chi connectivity index (χ1v) is 8.58. The van der Waals surface area contributed by atoms with Gasteiger partial charge in [-0.3, -0.25) is 0 Å². The minimum absolute atomic E-state index is 0.133. The molecule has 1 aromatic rings. The maximum Gasteiger partial charge on any atom is 0.160 e. The molecule has 7 heteroatoms. The first-order valence-electron chi connectivity index (χ1n) is 6.86. The van der Waals surface area contributed by atoms with Crippen molar-refractivity contribution in [2.24, 2.45) is 5.92 Å². The Labute approximate surface area is 112 Å². The number of aliphatic hydroxyl groups excluding tert-OH is 1. The zero-order valence-electron chi connectivity index (χ0n) is 10.8. The molecular weight excluding hydrogens is 266 g/mol. The summed E-state index contributed by atoms with van der Waals surface area (Å²) in [6, 6.07) is 0. The lowest BCUT2D eigenvalue weighted by Crippen LogP contribution is -2.29. The van der Waals surface area contributed by atoms with Crippen molar-refractivity contribution in [1.82, 2.24) is 14.8 Å². The quantitative estimate of drug-likeness (QED) is 0.854. The number of aromatic nitrogens is 3. The Balaban J connectivity index is 1.96. The topological polar surface area (TPSA) is 85.1 Å². The second-order valence-electron chi connectivity index (χ2n) is 5.52. The molecule has 1 N–H and O–H groups in total. The fourth-order valence-corrected chi connectivity index (χ4v) is 4.96. The number of hydrogen-bond donors (Lipinski definition) is 1. The van der Waals surface area contributed by atoms with Crippen LogP contribution >= 0.6 is 0 Å². The maximum atomic E-state index is 12.2. The average molecular weight is 285 g/mol. The van der Waals surface area contributed by atoms with Crippen LogP contribution in [0.3, 0.4) is 0 Å². The van der Waals surface area contributed by atoms with Gasteiger partial charge in [0.05, 0.1) is 5.75 Å². The first-order chi connectivity index (χ1) is 9.12. The molecule has 1 saturated heterocycles. The molecule has 2 unspecified atom stereocenters. The Morgan fingerprint density at radius 3 is 2.84 bits per heavy atom. The van der Waals surface area contributed by atoms with E-state index in [1.807, 2.05) is 4.57 Å². The summed E-state index contributed by atoms with van der Waals surface area (Å²) in [4.78, 5) is 0. The summed E-state index contributed by atoms with van der Waals surface area (Å²) in [6.45, 7) is 0.772. The lowest BCUT2D eigenvalue weighted by molar-refractivity contribution is 0.189. The van der Waals surface area contributed by atoms with Crippen LogP contribution in [-0.2, 0) is 22.8 Å².